The van der Waals surface area contributed by atoms with E-state index in [0.717, 1.165) is 147 Å². The molecule has 106 heavy (non-hydrogen) atoms. The first kappa shape index (κ1) is 90.7. The van der Waals surface area contributed by atoms with Crippen molar-refractivity contribution in [2.45, 2.75) is 228 Å². The van der Waals surface area contributed by atoms with Gasteiger partial charge >= 0.3 is 24.3 Å². The Labute approximate surface area is 648 Å². The molecule has 0 bridgehead atoms. The second-order valence-electron chi connectivity index (χ2n) is 30.9. The summed E-state index contributed by atoms with van der Waals surface area (Å²) in [6.45, 7) is 8.50. The van der Waals surface area contributed by atoms with Crippen molar-refractivity contribution in [2.24, 2.45) is 35.5 Å². The number of unbranched alkanes of at least 4 members (excludes halogenated alkanes) is 3. The number of urea groups is 3. The Balaban J connectivity index is 0.000000249. The van der Waals surface area contributed by atoms with Crippen LogP contribution in [0.4, 0.5) is 27.6 Å². The van der Waals surface area contributed by atoms with Gasteiger partial charge in [-0.2, -0.15) is 13.2 Å². The average molecular weight is 1550 g/mol. The first-order valence-corrected chi connectivity index (χ1v) is 41.0. The molecule has 2 aliphatic carbocycles. The molecule has 3 aromatic carbocycles. The Kier molecular flexibility index (Phi) is 40.9. The molecular weight excluding hydrogens is 1420 g/mol. The molecule has 1 unspecified atom stereocenters. The van der Waals surface area contributed by atoms with E-state index in [2.05, 4.69) is 38.0 Å². The van der Waals surface area contributed by atoms with Gasteiger partial charge in [-0.15, -0.1) is 0 Å². The SMILES string of the molecule is CNC[C@H](CC(C)C(F)(F)F)NC(=O)N1CCC[C@@H]([C@@](O)(CCCCOC)c2cccc(Cl)c2)C1.CNC[C@H](CC1CCCCC1)NC(=O)N1CCC[C@@H]([C@@](O)(CCCCOC)c2cccc(Cl)c2)C1.CNC[C@H](CC1CCCCC1)NC(=O)N1CCC[C@@H]([C@](CCCCOC)(OC)c2cccc(Cl)c2)C1. The predicted molar refractivity (Wildman–Crippen MR) is 422 cm³/mol. The van der Waals surface area contributed by atoms with Gasteiger partial charge in [-0.1, -0.05) is 142 Å². The van der Waals surface area contributed by atoms with Crippen molar-refractivity contribution in [3.8, 4) is 0 Å². The van der Waals surface area contributed by atoms with E-state index in [4.69, 9.17) is 53.8 Å². The number of nitrogens with one attached hydrogen (secondary N) is 6. The van der Waals surface area contributed by atoms with Crippen LogP contribution < -0.4 is 31.9 Å². The van der Waals surface area contributed by atoms with E-state index in [-0.39, 0.29) is 54.9 Å². The van der Waals surface area contributed by atoms with Crippen molar-refractivity contribution in [1.82, 2.24) is 46.6 Å². The molecule has 0 spiro atoms. The Morgan fingerprint density at radius 3 is 1.20 bits per heavy atom. The number of piperidine rings is 3. The van der Waals surface area contributed by atoms with Gasteiger partial charge in [0.2, 0.25) is 0 Å². The molecule has 3 aromatic rings. The quantitative estimate of drug-likeness (QED) is 0.0254. The summed E-state index contributed by atoms with van der Waals surface area (Å²) in [6, 6.07) is 22.1. The third-order valence-corrected chi connectivity index (χ3v) is 23.8. The van der Waals surface area contributed by atoms with Crippen LogP contribution in [0.3, 0.4) is 0 Å². The van der Waals surface area contributed by atoms with E-state index < -0.39 is 41.0 Å². The van der Waals surface area contributed by atoms with E-state index in [1.165, 1.54) is 64.2 Å². The topological polar surface area (TPSA) is 210 Å². The van der Waals surface area contributed by atoms with Crippen LogP contribution in [-0.2, 0) is 35.8 Å². The number of benzene rings is 3. The number of ether oxygens (including phenoxy) is 4. The van der Waals surface area contributed by atoms with Gasteiger partial charge in [-0.25, -0.2) is 14.4 Å². The smallest absolute Gasteiger partial charge is 0.385 e. The number of aliphatic hydroxyl groups is 2. The van der Waals surface area contributed by atoms with Crippen molar-refractivity contribution in [1.29, 1.82) is 0 Å². The maximum absolute atomic E-state index is 13.5. The number of likely N-dealkylation sites (tertiary alicyclic amines) is 3. The zero-order chi connectivity index (χ0) is 77.0. The molecule has 5 fully saturated rings. The third kappa shape index (κ3) is 29.1. The van der Waals surface area contributed by atoms with Crippen LogP contribution in [0.5, 0.6) is 0 Å². The molecule has 0 aromatic heterocycles. The van der Waals surface area contributed by atoms with Crippen LogP contribution in [0.25, 0.3) is 0 Å². The number of carbonyl (C=O) groups excluding carboxylic acids is 3. The number of nitrogens with zero attached hydrogens (tertiary/aromatic N) is 3. The number of likely N-dealkylation sites (N-methyl/N-ethyl adjacent to an activating group) is 3. The van der Waals surface area contributed by atoms with Gasteiger partial charge in [0.1, 0.15) is 0 Å². The minimum absolute atomic E-state index is 0.00131. The molecule has 3 heterocycles. The summed E-state index contributed by atoms with van der Waals surface area (Å²) in [6.07, 6.45) is 23.1. The number of carbonyl (C=O) groups is 3. The molecule has 2 saturated carbocycles. The highest BCUT2D eigenvalue weighted by atomic mass is 35.5. The van der Waals surface area contributed by atoms with E-state index in [1.54, 1.807) is 51.5 Å². The lowest BCUT2D eigenvalue weighted by molar-refractivity contribution is -0.172. The molecule has 8 rings (SSSR count). The zero-order valence-electron chi connectivity index (χ0n) is 65.3. The fourth-order valence-corrected chi connectivity index (χ4v) is 17.9. The minimum atomic E-state index is -4.32. The van der Waals surface area contributed by atoms with Crippen LogP contribution in [0.2, 0.25) is 15.1 Å². The average Bonchev–Trinajstić information content (AvgIpc) is 0.792. The van der Waals surface area contributed by atoms with E-state index in [0.29, 0.717) is 85.2 Å². The van der Waals surface area contributed by atoms with E-state index in [1.807, 2.05) is 79.5 Å². The molecule has 5 aliphatic rings. The summed E-state index contributed by atoms with van der Waals surface area (Å²) in [5.41, 5.74) is -0.0322. The minimum Gasteiger partial charge on any atom is -0.385 e. The van der Waals surface area contributed by atoms with Crippen molar-refractivity contribution < 1.29 is 56.7 Å². The van der Waals surface area contributed by atoms with Gasteiger partial charge < -0.3 is 75.8 Å². The van der Waals surface area contributed by atoms with Gasteiger partial charge in [0.15, 0.2) is 0 Å². The Morgan fingerprint density at radius 2 is 0.830 bits per heavy atom. The lowest BCUT2D eigenvalue weighted by atomic mass is 9.74. The molecule has 10 atom stereocenters. The maximum Gasteiger partial charge on any atom is 0.391 e. The number of alkyl halides is 3. The van der Waals surface area contributed by atoms with Gasteiger partial charge in [-0.3, -0.25) is 0 Å². The van der Waals surface area contributed by atoms with Crippen LogP contribution in [0, 0.1) is 35.5 Å². The molecule has 24 heteroatoms. The summed E-state index contributed by atoms with van der Waals surface area (Å²) in [5, 5.41) is 44.7. The van der Waals surface area contributed by atoms with Crippen LogP contribution in [0.1, 0.15) is 203 Å². The predicted octanol–water partition coefficient (Wildman–Crippen LogP) is 16.2. The lowest BCUT2D eigenvalue weighted by Crippen LogP contribution is -2.54. The number of amides is 6. The summed E-state index contributed by atoms with van der Waals surface area (Å²) in [7, 11) is 12.5. The van der Waals surface area contributed by atoms with Gasteiger partial charge in [-0.05, 0) is 202 Å². The third-order valence-electron chi connectivity index (χ3n) is 23.1. The standard InChI is InChI=1S/C29H48ClN3O3.C28H46ClN3O3.C25H39ClF3N3O3/c1-31-21-27(19-23-11-5-4-6-12-23)32-28(34)33-17-10-14-25(22-33)29(36-3,16-7-8-18-35-2)24-13-9-15-26(30)20-24;1-30-20-26(18-22-10-4-3-5-11-22)31-27(33)32-16-9-13-24(21-32)28(34,15-6-7-17-35-2)23-12-8-14-25(29)19-23;1-18(25(27,28)29)14-22(16-30-2)31-23(33)32-12-7-9-20(17-32)24(34,11-4-5-13-35-3)19-8-6-10-21(26)15-19/h9,13,15,20,23,25,27,31H,4-8,10-12,14,16-19,21-22H2,1-3H3,(H,32,34);8,12,14,19,22,24,26,30,34H,3-7,9-11,13,15-18,20-21H2,1-2H3,(H,31,33);6,8,10,15,18,20,22,30,34H,4-5,7,9,11-14,16-17H2,1-3H3,(H,31,33)/t25-,27+,29-;24-,26+,28-;18?,20-,22+,24-/m111/s1. The number of rotatable bonds is 37. The van der Waals surface area contributed by atoms with Crippen LogP contribution >= 0.6 is 34.8 Å². The molecule has 0 radical (unpaired) electrons. The van der Waals surface area contributed by atoms with Crippen molar-refractivity contribution in [2.75, 3.05) is 128 Å². The number of methoxy groups -OCH3 is 4. The molecule has 8 N–H and O–H groups in total. The fraction of sp³-hybridized carbons (Fsp3) is 0.744. The first-order valence-electron chi connectivity index (χ1n) is 39.9. The van der Waals surface area contributed by atoms with Crippen molar-refractivity contribution >= 4 is 52.9 Å². The Morgan fingerprint density at radius 1 is 0.481 bits per heavy atom. The maximum atomic E-state index is 13.5. The van der Waals surface area contributed by atoms with Crippen LogP contribution in [0.15, 0.2) is 72.8 Å². The molecule has 3 aliphatic heterocycles. The molecular formula is C82H133Cl3F3N9O9. The van der Waals surface area contributed by atoms with Crippen LogP contribution in [-0.4, -0.2) is 196 Å². The number of halogens is 6. The first-order chi connectivity index (χ1) is 51.0. The van der Waals surface area contributed by atoms with Crippen molar-refractivity contribution in [3.05, 3.63) is 105 Å². The summed E-state index contributed by atoms with van der Waals surface area (Å²) in [4.78, 5) is 45.5. The highest BCUT2D eigenvalue weighted by Crippen LogP contribution is 2.46. The van der Waals surface area contributed by atoms with Gasteiger partial charge in [0, 0.05) is 158 Å². The Hall–Kier alpha value is -4.23. The van der Waals surface area contributed by atoms with Gasteiger partial charge in [0.25, 0.3) is 0 Å². The molecule has 3 saturated heterocycles. The Bertz CT molecular complexity index is 2980. The highest BCUT2D eigenvalue weighted by Gasteiger charge is 2.46. The molecule has 18 nitrogen and oxygen atoms in total. The molecule has 602 valence electrons. The number of hydrogen-bond donors (Lipinski definition) is 8. The summed E-state index contributed by atoms with van der Waals surface area (Å²) < 4.78 is 61.3. The lowest BCUT2D eigenvalue weighted by Gasteiger charge is -2.45. The molecule has 6 amide bonds. The second kappa shape index (κ2) is 47.9. The van der Waals surface area contributed by atoms with Gasteiger partial charge in [0.05, 0.1) is 22.7 Å². The normalized spacial score (nSPS) is 21.3. The van der Waals surface area contributed by atoms with Crippen molar-refractivity contribution in [3.63, 3.8) is 0 Å². The second-order valence-corrected chi connectivity index (χ2v) is 32.3. The number of hydrogen-bond acceptors (Lipinski definition) is 12. The summed E-state index contributed by atoms with van der Waals surface area (Å²) in [5.74, 6) is -0.178. The zero-order valence-corrected chi connectivity index (χ0v) is 67.5. The highest BCUT2D eigenvalue weighted by molar-refractivity contribution is 6.31. The van der Waals surface area contributed by atoms with E-state index >= 15 is 0 Å². The summed E-state index contributed by atoms with van der Waals surface area (Å²) >= 11 is 19.0. The largest absolute Gasteiger partial charge is 0.391 e. The fourth-order valence-electron chi connectivity index (χ4n) is 17.3. The monoisotopic (exact) mass is 1550 g/mol. The van der Waals surface area contributed by atoms with E-state index in [9.17, 15) is 37.8 Å².